The van der Waals surface area contributed by atoms with Crippen molar-refractivity contribution >= 4 is 5.97 Å². The molecule has 0 aromatic heterocycles. The van der Waals surface area contributed by atoms with Crippen molar-refractivity contribution in [1.82, 2.24) is 5.32 Å². The van der Waals surface area contributed by atoms with E-state index >= 15 is 0 Å². The molecule has 1 heterocycles. The van der Waals surface area contributed by atoms with Gasteiger partial charge in [-0.15, -0.1) is 0 Å². The summed E-state index contributed by atoms with van der Waals surface area (Å²) < 4.78 is 5.58. The van der Waals surface area contributed by atoms with Gasteiger partial charge in [0.25, 0.3) is 0 Å². The summed E-state index contributed by atoms with van der Waals surface area (Å²) in [6.45, 7) is 0.895. The number of ether oxygens (including phenoxy) is 1. The molecule has 0 saturated carbocycles. The third-order valence-corrected chi connectivity index (χ3v) is 3.88. The molecule has 0 aliphatic carbocycles. The SMILES string of the molecule is O=C(O)C1(NCc2ccccc2)CCOc2ccccc21. The highest BCUT2D eigenvalue weighted by Gasteiger charge is 2.44. The lowest BCUT2D eigenvalue weighted by molar-refractivity contribution is -0.147. The van der Waals surface area contributed by atoms with E-state index in [9.17, 15) is 9.90 Å². The van der Waals surface area contributed by atoms with Crippen LogP contribution in [0.5, 0.6) is 5.75 Å². The van der Waals surface area contributed by atoms with Crippen LogP contribution in [0.25, 0.3) is 0 Å². The Bertz CT molecular complexity index is 641. The van der Waals surface area contributed by atoms with Crippen molar-refractivity contribution in [2.24, 2.45) is 0 Å². The highest BCUT2D eigenvalue weighted by molar-refractivity contribution is 5.82. The van der Waals surface area contributed by atoms with Gasteiger partial charge in [-0.3, -0.25) is 5.32 Å². The average Bonchev–Trinajstić information content (AvgIpc) is 2.53. The van der Waals surface area contributed by atoms with Crippen LogP contribution >= 0.6 is 0 Å². The second-order valence-corrected chi connectivity index (χ2v) is 5.14. The second kappa shape index (κ2) is 5.58. The van der Waals surface area contributed by atoms with E-state index in [1.165, 1.54) is 0 Å². The van der Waals surface area contributed by atoms with Crippen molar-refractivity contribution in [1.29, 1.82) is 0 Å². The van der Waals surface area contributed by atoms with Gasteiger partial charge in [0, 0.05) is 18.5 Å². The van der Waals surface area contributed by atoms with Crippen LogP contribution in [0.1, 0.15) is 17.5 Å². The van der Waals surface area contributed by atoms with Gasteiger partial charge in [0.15, 0.2) is 0 Å². The number of benzene rings is 2. The minimum atomic E-state index is -1.09. The number of carbonyl (C=O) groups is 1. The first-order valence-corrected chi connectivity index (χ1v) is 6.97. The van der Waals surface area contributed by atoms with Crippen LogP contribution in [0.4, 0.5) is 0 Å². The molecule has 0 amide bonds. The summed E-state index contributed by atoms with van der Waals surface area (Å²) in [6.07, 6.45) is 0.409. The molecule has 1 atom stereocenters. The third kappa shape index (κ3) is 2.50. The summed E-state index contributed by atoms with van der Waals surface area (Å²) in [4.78, 5) is 11.9. The van der Waals surface area contributed by atoms with Crippen LogP contribution in [0, 0.1) is 0 Å². The molecule has 1 unspecified atom stereocenters. The topological polar surface area (TPSA) is 58.6 Å². The van der Waals surface area contributed by atoms with E-state index in [0.29, 0.717) is 30.9 Å². The summed E-state index contributed by atoms with van der Waals surface area (Å²) in [7, 11) is 0. The lowest BCUT2D eigenvalue weighted by Gasteiger charge is -2.36. The largest absolute Gasteiger partial charge is 0.493 e. The summed E-state index contributed by atoms with van der Waals surface area (Å²) in [6, 6.07) is 17.1. The minimum Gasteiger partial charge on any atom is -0.493 e. The molecule has 0 spiro atoms. The van der Waals surface area contributed by atoms with E-state index in [2.05, 4.69) is 5.32 Å². The number of carboxylic acids is 1. The zero-order chi connectivity index (χ0) is 14.7. The molecule has 1 aliphatic rings. The van der Waals surface area contributed by atoms with Gasteiger partial charge in [-0.2, -0.15) is 0 Å². The fraction of sp³-hybridized carbons (Fsp3) is 0.235. The van der Waals surface area contributed by atoms with Gasteiger partial charge in [0.2, 0.25) is 0 Å². The monoisotopic (exact) mass is 283 g/mol. The first-order valence-electron chi connectivity index (χ1n) is 6.97. The smallest absolute Gasteiger partial charge is 0.328 e. The van der Waals surface area contributed by atoms with Gasteiger partial charge in [-0.05, 0) is 11.6 Å². The molecule has 0 bridgehead atoms. The highest BCUT2D eigenvalue weighted by Crippen LogP contribution is 2.37. The molecule has 21 heavy (non-hydrogen) atoms. The molecule has 1 aliphatic heterocycles. The van der Waals surface area contributed by atoms with Crippen molar-refractivity contribution in [2.45, 2.75) is 18.5 Å². The van der Waals surface area contributed by atoms with Crippen LogP contribution in [-0.2, 0) is 16.9 Å². The predicted octanol–water partition coefficient (Wildman–Crippen LogP) is 2.54. The molecule has 0 fully saturated rings. The summed E-state index contributed by atoms with van der Waals surface area (Å²) >= 11 is 0. The van der Waals surface area contributed by atoms with E-state index < -0.39 is 11.5 Å². The Balaban J connectivity index is 1.93. The summed E-state index contributed by atoms with van der Waals surface area (Å²) in [5.41, 5.74) is 0.659. The number of nitrogens with one attached hydrogen (secondary N) is 1. The van der Waals surface area contributed by atoms with E-state index in [1.807, 2.05) is 54.6 Å². The maximum Gasteiger partial charge on any atom is 0.328 e. The van der Waals surface area contributed by atoms with Crippen molar-refractivity contribution in [3.8, 4) is 5.75 Å². The zero-order valence-electron chi connectivity index (χ0n) is 11.6. The Morgan fingerprint density at radius 3 is 2.62 bits per heavy atom. The molecule has 4 nitrogen and oxygen atoms in total. The Morgan fingerprint density at radius 2 is 1.86 bits per heavy atom. The van der Waals surface area contributed by atoms with Gasteiger partial charge in [0.1, 0.15) is 11.3 Å². The van der Waals surface area contributed by atoms with E-state index in [4.69, 9.17) is 4.74 Å². The van der Waals surface area contributed by atoms with E-state index in [1.54, 1.807) is 0 Å². The van der Waals surface area contributed by atoms with Crippen molar-refractivity contribution in [3.05, 3.63) is 65.7 Å². The van der Waals surface area contributed by atoms with Crippen molar-refractivity contribution < 1.29 is 14.6 Å². The fourth-order valence-electron chi connectivity index (χ4n) is 2.72. The lowest BCUT2D eigenvalue weighted by atomic mass is 9.84. The molecule has 0 radical (unpaired) electrons. The van der Waals surface area contributed by atoms with E-state index in [-0.39, 0.29) is 0 Å². The quantitative estimate of drug-likeness (QED) is 0.905. The van der Waals surface area contributed by atoms with Crippen LogP contribution in [0.15, 0.2) is 54.6 Å². The lowest BCUT2D eigenvalue weighted by Crippen LogP contribution is -2.51. The molecule has 0 saturated heterocycles. The van der Waals surface area contributed by atoms with Gasteiger partial charge >= 0.3 is 5.97 Å². The van der Waals surface area contributed by atoms with Crippen molar-refractivity contribution in [3.63, 3.8) is 0 Å². The van der Waals surface area contributed by atoms with Crippen LogP contribution in [-0.4, -0.2) is 17.7 Å². The third-order valence-electron chi connectivity index (χ3n) is 3.88. The number of hydrogen-bond donors (Lipinski definition) is 2. The maximum absolute atomic E-state index is 11.9. The Kier molecular flexibility index (Phi) is 3.62. The van der Waals surface area contributed by atoms with Gasteiger partial charge in [0.05, 0.1) is 6.61 Å². The van der Waals surface area contributed by atoms with Crippen LogP contribution in [0.2, 0.25) is 0 Å². The Labute approximate surface area is 123 Å². The number of fused-ring (bicyclic) bond motifs is 1. The predicted molar refractivity (Wildman–Crippen MR) is 79.1 cm³/mol. The number of aliphatic carboxylic acids is 1. The summed E-state index contributed by atoms with van der Waals surface area (Å²) in [5.74, 6) is -0.221. The molecule has 108 valence electrons. The molecule has 2 N–H and O–H groups in total. The minimum absolute atomic E-state index is 0.394. The van der Waals surface area contributed by atoms with Crippen molar-refractivity contribution in [2.75, 3.05) is 6.61 Å². The first-order chi connectivity index (χ1) is 10.2. The highest BCUT2D eigenvalue weighted by atomic mass is 16.5. The number of carboxylic acid groups (broad SMARTS) is 1. The second-order valence-electron chi connectivity index (χ2n) is 5.14. The average molecular weight is 283 g/mol. The molecular weight excluding hydrogens is 266 g/mol. The molecule has 3 rings (SSSR count). The molecule has 2 aromatic rings. The number of rotatable bonds is 4. The van der Waals surface area contributed by atoms with Gasteiger partial charge in [-0.1, -0.05) is 48.5 Å². The fourth-order valence-corrected chi connectivity index (χ4v) is 2.72. The van der Waals surface area contributed by atoms with Gasteiger partial charge < -0.3 is 9.84 Å². The number of hydrogen-bond acceptors (Lipinski definition) is 3. The Morgan fingerprint density at radius 1 is 1.14 bits per heavy atom. The van der Waals surface area contributed by atoms with Gasteiger partial charge in [-0.25, -0.2) is 4.79 Å². The molecule has 2 aromatic carbocycles. The standard InChI is InChI=1S/C17H17NO3/c19-16(20)17(18-12-13-6-2-1-3-7-13)10-11-21-15-9-5-4-8-14(15)17/h1-9,18H,10-12H2,(H,19,20). The molecular formula is C17H17NO3. The normalized spacial score (nSPS) is 20.4. The summed E-state index contributed by atoms with van der Waals surface area (Å²) in [5, 5.41) is 13.0. The Hall–Kier alpha value is -2.33. The maximum atomic E-state index is 11.9. The van der Waals surface area contributed by atoms with Crippen LogP contribution < -0.4 is 10.1 Å². The van der Waals surface area contributed by atoms with Crippen LogP contribution in [0.3, 0.4) is 0 Å². The molecule has 4 heteroatoms. The number of para-hydroxylation sites is 1. The first kappa shape index (κ1) is 13.6. The zero-order valence-corrected chi connectivity index (χ0v) is 11.6. The van der Waals surface area contributed by atoms with E-state index in [0.717, 1.165) is 5.56 Å².